The molecule has 0 aromatic heterocycles. The molecule has 2 saturated heterocycles. The van der Waals surface area contributed by atoms with Crippen LogP contribution in [0.1, 0.15) is 13.3 Å². The Morgan fingerprint density at radius 2 is 2.31 bits per heavy atom. The summed E-state index contributed by atoms with van der Waals surface area (Å²) in [6, 6.07) is 0.383. The van der Waals surface area contributed by atoms with Crippen molar-refractivity contribution in [1.82, 2.24) is 4.90 Å². The highest BCUT2D eigenvalue weighted by molar-refractivity contribution is 5.72. The van der Waals surface area contributed by atoms with Crippen LogP contribution in [0.4, 0.5) is 0 Å². The number of hydrogen-bond acceptors (Lipinski definition) is 4. The van der Waals surface area contributed by atoms with Crippen LogP contribution >= 0.6 is 0 Å². The molecule has 2 fully saturated rings. The SMILES string of the molecule is CC(C1CCOC1)N1CCOC(C(=O)O)C1. The van der Waals surface area contributed by atoms with Crippen molar-refractivity contribution in [3.05, 3.63) is 0 Å². The maximum absolute atomic E-state index is 10.9. The van der Waals surface area contributed by atoms with Crippen LogP contribution in [0, 0.1) is 5.92 Å². The Hall–Kier alpha value is -0.650. The van der Waals surface area contributed by atoms with Crippen LogP contribution in [0.3, 0.4) is 0 Å². The molecular weight excluding hydrogens is 210 g/mol. The first kappa shape index (κ1) is 11.8. The molecule has 0 aliphatic carbocycles. The second-order valence-electron chi connectivity index (χ2n) is 4.56. The summed E-state index contributed by atoms with van der Waals surface area (Å²) < 4.78 is 10.6. The van der Waals surface area contributed by atoms with Gasteiger partial charge in [0.1, 0.15) is 0 Å². The van der Waals surface area contributed by atoms with E-state index in [9.17, 15) is 4.79 Å². The smallest absolute Gasteiger partial charge is 0.334 e. The number of rotatable bonds is 3. The number of nitrogens with zero attached hydrogens (tertiary/aromatic N) is 1. The second kappa shape index (κ2) is 5.12. The Labute approximate surface area is 95.3 Å². The quantitative estimate of drug-likeness (QED) is 0.749. The van der Waals surface area contributed by atoms with E-state index in [1.54, 1.807) is 0 Å². The summed E-state index contributed by atoms with van der Waals surface area (Å²) in [5, 5.41) is 8.93. The molecule has 5 heteroatoms. The molecule has 3 atom stereocenters. The second-order valence-corrected chi connectivity index (χ2v) is 4.56. The highest BCUT2D eigenvalue weighted by atomic mass is 16.5. The van der Waals surface area contributed by atoms with Crippen LogP contribution in [0.2, 0.25) is 0 Å². The van der Waals surface area contributed by atoms with Gasteiger partial charge in [0.15, 0.2) is 6.10 Å². The van der Waals surface area contributed by atoms with Crippen LogP contribution in [-0.4, -0.2) is 61.0 Å². The minimum absolute atomic E-state index is 0.383. The van der Waals surface area contributed by atoms with E-state index in [4.69, 9.17) is 14.6 Å². The Kier molecular flexibility index (Phi) is 3.78. The van der Waals surface area contributed by atoms with Crippen LogP contribution < -0.4 is 0 Å². The van der Waals surface area contributed by atoms with Gasteiger partial charge in [0.05, 0.1) is 13.2 Å². The molecular formula is C11H19NO4. The van der Waals surface area contributed by atoms with Crippen molar-refractivity contribution in [3.8, 4) is 0 Å². The molecule has 0 aromatic carbocycles. The molecule has 2 rings (SSSR count). The van der Waals surface area contributed by atoms with Gasteiger partial charge in [-0.1, -0.05) is 0 Å². The van der Waals surface area contributed by atoms with Gasteiger partial charge in [-0.05, 0) is 19.3 Å². The van der Waals surface area contributed by atoms with Gasteiger partial charge in [0.25, 0.3) is 0 Å². The summed E-state index contributed by atoms with van der Waals surface area (Å²) in [5.74, 6) is -0.327. The predicted octanol–water partition coefficient (Wildman–Crippen LogP) is 0.197. The molecule has 1 N–H and O–H groups in total. The molecule has 2 aliphatic rings. The third-order valence-electron chi connectivity index (χ3n) is 3.60. The maximum atomic E-state index is 10.9. The van der Waals surface area contributed by atoms with Crippen molar-refractivity contribution in [2.24, 2.45) is 5.92 Å². The van der Waals surface area contributed by atoms with Crippen molar-refractivity contribution in [2.75, 3.05) is 32.9 Å². The normalized spacial score (nSPS) is 33.8. The number of aliphatic carboxylic acids is 1. The Balaban J connectivity index is 1.90. The van der Waals surface area contributed by atoms with E-state index in [1.807, 2.05) is 0 Å². The molecule has 0 saturated carbocycles. The standard InChI is InChI=1S/C11H19NO4/c1-8(9-2-4-15-7-9)12-3-5-16-10(6-12)11(13)14/h8-10H,2-7H2,1H3,(H,13,14). The van der Waals surface area contributed by atoms with Gasteiger partial charge in [0.2, 0.25) is 0 Å². The maximum Gasteiger partial charge on any atom is 0.334 e. The van der Waals surface area contributed by atoms with E-state index in [-0.39, 0.29) is 0 Å². The van der Waals surface area contributed by atoms with E-state index in [0.29, 0.717) is 25.1 Å². The summed E-state index contributed by atoms with van der Waals surface area (Å²) in [5.41, 5.74) is 0. The van der Waals surface area contributed by atoms with Crippen LogP contribution in [-0.2, 0) is 14.3 Å². The number of morpholine rings is 1. The van der Waals surface area contributed by atoms with Crippen LogP contribution in [0.25, 0.3) is 0 Å². The minimum Gasteiger partial charge on any atom is -0.479 e. The fourth-order valence-electron chi connectivity index (χ4n) is 2.42. The molecule has 0 bridgehead atoms. The molecule has 16 heavy (non-hydrogen) atoms. The zero-order valence-corrected chi connectivity index (χ0v) is 9.59. The molecule has 5 nitrogen and oxygen atoms in total. The lowest BCUT2D eigenvalue weighted by molar-refractivity contribution is -0.157. The fraction of sp³-hybridized carbons (Fsp3) is 0.909. The van der Waals surface area contributed by atoms with E-state index in [2.05, 4.69) is 11.8 Å². The van der Waals surface area contributed by atoms with Crippen molar-refractivity contribution in [2.45, 2.75) is 25.5 Å². The van der Waals surface area contributed by atoms with Gasteiger partial charge in [-0.25, -0.2) is 4.79 Å². The lowest BCUT2D eigenvalue weighted by Gasteiger charge is -2.37. The summed E-state index contributed by atoms with van der Waals surface area (Å²) in [6.45, 7) is 5.62. The number of carboxylic acids is 1. The largest absolute Gasteiger partial charge is 0.479 e. The lowest BCUT2D eigenvalue weighted by Crippen LogP contribution is -2.51. The summed E-state index contributed by atoms with van der Waals surface area (Å²) in [6.07, 6.45) is 0.412. The average molecular weight is 229 g/mol. The highest BCUT2D eigenvalue weighted by Crippen LogP contribution is 2.22. The number of ether oxygens (including phenoxy) is 2. The molecule has 2 aliphatic heterocycles. The van der Waals surface area contributed by atoms with Gasteiger partial charge < -0.3 is 14.6 Å². The fourth-order valence-corrected chi connectivity index (χ4v) is 2.42. The van der Waals surface area contributed by atoms with Crippen molar-refractivity contribution >= 4 is 5.97 Å². The Bertz CT molecular complexity index is 252. The van der Waals surface area contributed by atoms with Crippen LogP contribution in [0.15, 0.2) is 0 Å². The van der Waals surface area contributed by atoms with E-state index in [0.717, 1.165) is 26.2 Å². The van der Waals surface area contributed by atoms with Gasteiger partial charge in [-0.15, -0.1) is 0 Å². The Morgan fingerprint density at radius 1 is 1.50 bits per heavy atom. The molecule has 0 amide bonds. The summed E-state index contributed by atoms with van der Waals surface area (Å²) in [4.78, 5) is 13.1. The highest BCUT2D eigenvalue weighted by Gasteiger charge is 2.33. The molecule has 92 valence electrons. The summed E-state index contributed by atoms with van der Waals surface area (Å²) >= 11 is 0. The predicted molar refractivity (Wildman–Crippen MR) is 57.3 cm³/mol. The molecule has 0 spiro atoms. The van der Waals surface area contributed by atoms with Crippen LogP contribution in [0.5, 0.6) is 0 Å². The number of hydrogen-bond donors (Lipinski definition) is 1. The Morgan fingerprint density at radius 3 is 2.94 bits per heavy atom. The zero-order chi connectivity index (χ0) is 11.5. The number of carbonyl (C=O) groups is 1. The first-order valence-electron chi connectivity index (χ1n) is 5.84. The molecule has 0 aromatic rings. The van der Waals surface area contributed by atoms with E-state index in [1.165, 1.54) is 0 Å². The van der Waals surface area contributed by atoms with E-state index >= 15 is 0 Å². The molecule has 3 unspecified atom stereocenters. The first-order chi connectivity index (χ1) is 7.68. The van der Waals surface area contributed by atoms with Crippen molar-refractivity contribution in [3.63, 3.8) is 0 Å². The van der Waals surface area contributed by atoms with E-state index < -0.39 is 12.1 Å². The lowest BCUT2D eigenvalue weighted by atomic mass is 9.98. The topological polar surface area (TPSA) is 59.0 Å². The van der Waals surface area contributed by atoms with Gasteiger partial charge >= 0.3 is 5.97 Å². The van der Waals surface area contributed by atoms with Gasteiger partial charge in [0, 0.05) is 25.7 Å². The van der Waals surface area contributed by atoms with Gasteiger partial charge in [-0.2, -0.15) is 0 Å². The molecule has 2 heterocycles. The average Bonchev–Trinajstić information content (AvgIpc) is 2.81. The zero-order valence-electron chi connectivity index (χ0n) is 9.59. The first-order valence-corrected chi connectivity index (χ1v) is 5.84. The minimum atomic E-state index is -0.862. The monoisotopic (exact) mass is 229 g/mol. The summed E-state index contributed by atoms with van der Waals surface area (Å²) in [7, 11) is 0. The third-order valence-corrected chi connectivity index (χ3v) is 3.60. The molecule has 0 radical (unpaired) electrons. The number of carboxylic acid groups (broad SMARTS) is 1. The van der Waals surface area contributed by atoms with Crippen molar-refractivity contribution in [1.29, 1.82) is 0 Å². The van der Waals surface area contributed by atoms with Crippen molar-refractivity contribution < 1.29 is 19.4 Å². The van der Waals surface area contributed by atoms with Gasteiger partial charge in [-0.3, -0.25) is 4.90 Å². The third kappa shape index (κ3) is 2.53.